The number of nitro groups is 1. The maximum absolute atomic E-state index is 12.0. The van der Waals surface area contributed by atoms with E-state index in [1.54, 1.807) is 18.2 Å². The Labute approximate surface area is 172 Å². The lowest BCUT2D eigenvalue weighted by atomic mass is 10.1. The summed E-state index contributed by atoms with van der Waals surface area (Å²) in [4.78, 5) is 47.5. The van der Waals surface area contributed by atoms with Gasteiger partial charge < -0.3 is 10.6 Å². The average molecular weight is 417 g/mol. The van der Waals surface area contributed by atoms with Crippen LogP contribution in [0.1, 0.15) is 40.2 Å². The summed E-state index contributed by atoms with van der Waals surface area (Å²) in [5.74, 6) is -0.381. The molecule has 0 atom stereocenters. The number of carbonyl (C=O) groups is 3. The Kier molecular flexibility index (Phi) is 8.47. The van der Waals surface area contributed by atoms with Crippen LogP contribution >= 0.6 is 11.3 Å². The van der Waals surface area contributed by atoms with E-state index in [-0.39, 0.29) is 48.8 Å². The second-order valence-electron chi connectivity index (χ2n) is 6.45. The van der Waals surface area contributed by atoms with Gasteiger partial charge in [-0.25, -0.2) is 0 Å². The minimum Gasteiger partial charge on any atom is -0.383 e. The molecule has 0 saturated heterocycles. The Morgan fingerprint density at radius 2 is 1.66 bits per heavy atom. The number of nitrogens with one attached hydrogen (secondary N) is 2. The lowest BCUT2D eigenvalue weighted by molar-refractivity contribution is -0.384. The van der Waals surface area contributed by atoms with Crippen LogP contribution in [0, 0.1) is 17.0 Å². The Bertz CT molecular complexity index is 876. The van der Waals surface area contributed by atoms with Crippen LogP contribution in [0.25, 0.3) is 0 Å². The first-order valence-electron chi connectivity index (χ1n) is 9.21. The number of nitrogens with zero attached hydrogens (tertiary/aromatic N) is 1. The average Bonchev–Trinajstić information content (AvgIpc) is 3.14. The summed E-state index contributed by atoms with van der Waals surface area (Å²) < 4.78 is 0. The standard InChI is InChI=1S/C20H23N3O5S/c1-14-2-10-19(29-14)18(25)9-7-17(24)8-11-20(26)22-13-12-21-15-3-5-16(6-4-15)23(27)28/h2-6,10,21H,7-9,11-13H2,1H3,(H,22,26). The maximum atomic E-state index is 12.0. The van der Waals surface area contributed by atoms with Crippen molar-refractivity contribution in [2.45, 2.75) is 32.6 Å². The molecule has 2 aromatic rings. The molecule has 0 radical (unpaired) electrons. The van der Waals surface area contributed by atoms with Crippen molar-refractivity contribution in [1.29, 1.82) is 0 Å². The first-order valence-corrected chi connectivity index (χ1v) is 10.0. The lowest BCUT2D eigenvalue weighted by Crippen LogP contribution is -2.29. The van der Waals surface area contributed by atoms with Crippen molar-refractivity contribution < 1.29 is 19.3 Å². The SMILES string of the molecule is Cc1ccc(C(=O)CCC(=O)CCC(=O)NCCNc2ccc([N+](=O)[O-])cc2)s1. The molecule has 0 spiro atoms. The smallest absolute Gasteiger partial charge is 0.269 e. The number of thiophene rings is 1. The van der Waals surface area contributed by atoms with Gasteiger partial charge in [-0.3, -0.25) is 24.5 Å². The molecule has 8 nitrogen and oxygen atoms in total. The maximum Gasteiger partial charge on any atom is 0.269 e. The summed E-state index contributed by atoms with van der Waals surface area (Å²) in [5, 5.41) is 16.3. The van der Waals surface area contributed by atoms with Crippen molar-refractivity contribution >= 4 is 40.2 Å². The van der Waals surface area contributed by atoms with Crippen LogP contribution in [0.4, 0.5) is 11.4 Å². The fourth-order valence-corrected chi connectivity index (χ4v) is 3.37. The van der Waals surface area contributed by atoms with Crippen molar-refractivity contribution in [3.05, 3.63) is 56.3 Å². The van der Waals surface area contributed by atoms with Gasteiger partial charge >= 0.3 is 0 Å². The van der Waals surface area contributed by atoms with Crippen LogP contribution in [0.15, 0.2) is 36.4 Å². The van der Waals surface area contributed by atoms with E-state index in [4.69, 9.17) is 0 Å². The Morgan fingerprint density at radius 1 is 0.966 bits per heavy atom. The second-order valence-corrected chi connectivity index (χ2v) is 7.74. The van der Waals surface area contributed by atoms with Gasteiger partial charge in [-0.1, -0.05) is 0 Å². The highest BCUT2D eigenvalue weighted by Gasteiger charge is 2.12. The van der Waals surface area contributed by atoms with E-state index < -0.39 is 4.92 Å². The molecule has 1 amide bonds. The minimum atomic E-state index is -0.468. The van der Waals surface area contributed by atoms with Gasteiger partial charge in [-0.05, 0) is 31.2 Å². The number of rotatable bonds is 12. The van der Waals surface area contributed by atoms with E-state index in [1.807, 2.05) is 13.0 Å². The number of Topliss-reactive ketones (excluding diaryl/α,β-unsaturated/α-hetero) is 2. The van der Waals surface area contributed by atoms with Gasteiger partial charge in [0.2, 0.25) is 5.91 Å². The zero-order chi connectivity index (χ0) is 21.2. The molecule has 1 heterocycles. The monoisotopic (exact) mass is 417 g/mol. The summed E-state index contributed by atoms with van der Waals surface area (Å²) in [6.45, 7) is 2.74. The Hall–Kier alpha value is -3.07. The summed E-state index contributed by atoms with van der Waals surface area (Å²) in [7, 11) is 0. The van der Waals surface area contributed by atoms with Gasteiger partial charge in [0.1, 0.15) is 5.78 Å². The van der Waals surface area contributed by atoms with Gasteiger partial charge in [0.05, 0.1) is 9.80 Å². The molecule has 0 fully saturated rings. The summed E-state index contributed by atoms with van der Waals surface area (Å²) in [6, 6.07) is 9.63. The molecule has 154 valence electrons. The molecule has 0 bridgehead atoms. The Morgan fingerprint density at radius 3 is 2.28 bits per heavy atom. The summed E-state index contributed by atoms with van der Waals surface area (Å²) in [6.07, 6.45) is 0.505. The molecule has 0 unspecified atom stereocenters. The predicted molar refractivity (Wildman–Crippen MR) is 111 cm³/mol. The van der Waals surface area contributed by atoms with Gasteiger partial charge in [0.25, 0.3) is 5.69 Å². The number of hydrogen-bond acceptors (Lipinski definition) is 7. The number of amides is 1. The zero-order valence-electron chi connectivity index (χ0n) is 16.1. The molecule has 0 saturated carbocycles. The molecule has 0 aliphatic rings. The number of carbonyl (C=O) groups excluding carboxylic acids is 3. The van der Waals surface area contributed by atoms with Gasteiger partial charge in [0, 0.05) is 61.5 Å². The van der Waals surface area contributed by atoms with Crippen molar-refractivity contribution in [3.8, 4) is 0 Å². The van der Waals surface area contributed by atoms with E-state index in [1.165, 1.54) is 23.5 Å². The van der Waals surface area contributed by atoms with Crippen molar-refractivity contribution in [3.63, 3.8) is 0 Å². The van der Waals surface area contributed by atoms with Crippen LogP contribution in [0.2, 0.25) is 0 Å². The zero-order valence-corrected chi connectivity index (χ0v) is 16.9. The van der Waals surface area contributed by atoms with Crippen LogP contribution in [0.5, 0.6) is 0 Å². The summed E-state index contributed by atoms with van der Waals surface area (Å²) >= 11 is 1.42. The molecule has 2 rings (SSSR count). The van der Waals surface area contributed by atoms with E-state index >= 15 is 0 Å². The number of non-ortho nitro benzene ring substituents is 1. The fraction of sp³-hybridized carbons (Fsp3) is 0.350. The third kappa shape index (κ3) is 7.82. The second kappa shape index (κ2) is 11.1. The van der Waals surface area contributed by atoms with Crippen LogP contribution in [-0.4, -0.2) is 35.5 Å². The highest BCUT2D eigenvalue weighted by molar-refractivity contribution is 7.14. The molecule has 2 N–H and O–H groups in total. The summed E-state index contributed by atoms with van der Waals surface area (Å²) in [5.41, 5.74) is 0.728. The fourth-order valence-electron chi connectivity index (χ4n) is 2.54. The largest absolute Gasteiger partial charge is 0.383 e. The number of benzene rings is 1. The molecule has 29 heavy (non-hydrogen) atoms. The molecule has 9 heteroatoms. The van der Waals surface area contributed by atoms with E-state index in [0.717, 1.165) is 4.88 Å². The number of ketones is 2. The molecule has 0 aliphatic heterocycles. The number of nitro benzene ring substituents is 1. The van der Waals surface area contributed by atoms with Crippen LogP contribution in [-0.2, 0) is 9.59 Å². The molecule has 1 aromatic heterocycles. The topological polar surface area (TPSA) is 118 Å². The number of hydrogen-bond donors (Lipinski definition) is 2. The number of anilines is 1. The lowest BCUT2D eigenvalue weighted by Gasteiger charge is -2.08. The van der Waals surface area contributed by atoms with Crippen LogP contribution in [0.3, 0.4) is 0 Å². The van der Waals surface area contributed by atoms with E-state index in [9.17, 15) is 24.5 Å². The first-order chi connectivity index (χ1) is 13.8. The quantitative estimate of drug-likeness (QED) is 0.236. The molecular formula is C20H23N3O5S. The highest BCUT2D eigenvalue weighted by atomic mass is 32.1. The van der Waals surface area contributed by atoms with Gasteiger partial charge in [-0.15, -0.1) is 11.3 Å². The number of aryl methyl sites for hydroxylation is 1. The van der Waals surface area contributed by atoms with Crippen molar-refractivity contribution in [2.24, 2.45) is 0 Å². The predicted octanol–water partition coefficient (Wildman–Crippen LogP) is 3.51. The Balaban J connectivity index is 1.57. The third-order valence-electron chi connectivity index (χ3n) is 4.13. The van der Waals surface area contributed by atoms with E-state index in [2.05, 4.69) is 10.6 Å². The van der Waals surface area contributed by atoms with Crippen molar-refractivity contribution in [1.82, 2.24) is 5.32 Å². The minimum absolute atomic E-state index is 0.0146. The van der Waals surface area contributed by atoms with Gasteiger partial charge in [0.15, 0.2) is 5.78 Å². The third-order valence-corrected chi connectivity index (χ3v) is 5.17. The molecular weight excluding hydrogens is 394 g/mol. The first kappa shape index (κ1) is 22.2. The van der Waals surface area contributed by atoms with Gasteiger partial charge in [-0.2, -0.15) is 0 Å². The molecule has 0 aliphatic carbocycles. The normalized spacial score (nSPS) is 10.4. The van der Waals surface area contributed by atoms with E-state index in [0.29, 0.717) is 23.7 Å². The van der Waals surface area contributed by atoms with Crippen LogP contribution < -0.4 is 10.6 Å². The highest BCUT2D eigenvalue weighted by Crippen LogP contribution is 2.18. The molecule has 1 aromatic carbocycles. The van der Waals surface area contributed by atoms with Crippen molar-refractivity contribution in [2.75, 3.05) is 18.4 Å².